The molecule has 3 unspecified atom stereocenters. The van der Waals surface area contributed by atoms with Crippen LogP contribution in [0.15, 0.2) is 36.5 Å². The molecule has 0 N–H and O–H groups in total. The molecule has 0 saturated carbocycles. The number of hydrogen-bond donors (Lipinski definition) is 0. The molecule has 1 amide bonds. The maximum atomic E-state index is 17.1. The number of pyridine rings is 1. The van der Waals surface area contributed by atoms with Crippen LogP contribution in [0.2, 0.25) is 0 Å². The highest BCUT2D eigenvalue weighted by Crippen LogP contribution is 2.47. The van der Waals surface area contributed by atoms with E-state index in [9.17, 15) is 14.4 Å². The Morgan fingerprint density at radius 3 is 2.62 bits per heavy atom. The van der Waals surface area contributed by atoms with Gasteiger partial charge in [0.05, 0.1) is 24.0 Å². The van der Waals surface area contributed by atoms with Crippen molar-refractivity contribution in [1.29, 1.82) is 0 Å². The number of carbonyl (C=O) groups excluding carboxylic acids is 1. The van der Waals surface area contributed by atoms with Crippen LogP contribution in [0.5, 0.6) is 11.8 Å². The number of halogens is 3. The van der Waals surface area contributed by atoms with Crippen LogP contribution in [0.1, 0.15) is 52.9 Å². The number of ether oxygens (including phenoxy) is 4. The van der Waals surface area contributed by atoms with Gasteiger partial charge in [-0.25, -0.2) is 18.0 Å². The van der Waals surface area contributed by atoms with E-state index >= 15 is 8.78 Å². The Morgan fingerprint density at radius 1 is 1.11 bits per heavy atom. The average molecular weight is 737 g/mol. The van der Waals surface area contributed by atoms with E-state index in [2.05, 4.69) is 9.97 Å². The van der Waals surface area contributed by atoms with E-state index in [0.717, 1.165) is 12.8 Å². The number of methoxy groups -OCH3 is 1. The molecule has 12 nitrogen and oxygen atoms in total. The Hall–Kier alpha value is -4.47. The van der Waals surface area contributed by atoms with Crippen molar-refractivity contribution in [2.75, 3.05) is 51.6 Å². The Bertz CT molecular complexity index is 2070. The van der Waals surface area contributed by atoms with Crippen LogP contribution >= 0.6 is 0 Å². The van der Waals surface area contributed by atoms with E-state index in [0.29, 0.717) is 49.4 Å². The van der Waals surface area contributed by atoms with Crippen LogP contribution in [0.4, 0.5) is 23.8 Å². The minimum Gasteiger partial charge on any atom is -0.632 e. The minimum absolute atomic E-state index is 0.0650. The Morgan fingerprint density at radius 2 is 1.89 bits per heavy atom. The first kappa shape index (κ1) is 35.6. The van der Waals surface area contributed by atoms with Gasteiger partial charge in [-0.05, 0) is 57.2 Å². The van der Waals surface area contributed by atoms with Gasteiger partial charge in [0, 0.05) is 56.6 Å². The number of quaternary nitrogens is 1. The molecule has 0 aliphatic carbocycles. The van der Waals surface area contributed by atoms with Crippen LogP contribution in [0.25, 0.3) is 32.9 Å². The summed E-state index contributed by atoms with van der Waals surface area (Å²) in [6, 6.07) is 7.14. The van der Waals surface area contributed by atoms with Gasteiger partial charge in [-0.2, -0.15) is 9.97 Å². The van der Waals surface area contributed by atoms with Crippen LogP contribution in [-0.2, 0) is 9.47 Å². The lowest BCUT2D eigenvalue weighted by molar-refractivity contribution is -0.906. The molecule has 2 bridgehead atoms. The number of carbonyl (C=O) groups is 1. The molecule has 0 spiro atoms. The van der Waals surface area contributed by atoms with Crippen molar-refractivity contribution < 1.29 is 41.6 Å². The maximum Gasteiger partial charge on any atom is 0.410 e. The summed E-state index contributed by atoms with van der Waals surface area (Å²) in [6.45, 7) is 6.21. The number of benzene rings is 2. The number of anilines is 1. The number of nitrogens with zero attached hydrogens (tertiary/aromatic N) is 6. The van der Waals surface area contributed by atoms with Crippen LogP contribution in [0.3, 0.4) is 0 Å². The number of aromatic nitrogens is 3. The monoisotopic (exact) mass is 736 g/mol. The average Bonchev–Trinajstić information content (AvgIpc) is 3.65. The van der Waals surface area contributed by atoms with Gasteiger partial charge in [-0.3, -0.25) is 9.88 Å². The Kier molecular flexibility index (Phi) is 8.81. The fraction of sp³-hybridized carbons (Fsp3) is 0.526. The van der Waals surface area contributed by atoms with Crippen molar-refractivity contribution in [3.63, 3.8) is 0 Å². The summed E-state index contributed by atoms with van der Waals surface area (Å²) in [5.74, 6) is -0.735. The number of alkyl halides is 1. The molecule has 2 aromatic heterocycles. The summed E-state index contributed by atoms with van der Waals surface area (Å²) < 4.78 is 69.2. The smallest absolute Gasteiger partial charge is 0.410 e. The largest absolute Gasteiger partial charge is 0.632 e. The lowest BCUT2D eigenvalue weighted by atomic mass is 9.94. The van der Waals surface area contributed by atoms with Gasteiger partial charge in [0.25, 0.3) is 0 Å². The zero-order valence-electron chi connectivity index (χ0n) is 30.2. The molecule has 4 aromatic rings. The second kappa shape index (κ2) is 13.1. The van der Waals surface area contributed by atoms with Crippen molar-refractivity contribution in [2.45, 2.75) is 82.3 Å². The van der Waals surface area contributed by atoms with E-state index in [1.807, 2.05) is 25.7 Å². The Balaban J connectivity index is 1.22. The summed E-state index contributed by atoms with van der Waals surface area (Å²) >= 11 is 0. The first-order valence-electron chi connectivity index (χ1n) is 18.1. The molecule has 4 saturated heterocycles. The molecular formula is C38H43F3N6O6. The van der Waals surface area contributed by atoms with Crippen molar-refractivity contribution in [3.05, 3.63) is 53.4 Å². The van der Waals surface area contributed by atoms with Crippen molar-refractivity contribution in [3.8, 4) is 23.0 Å². The van der Waals surface area contributed by atoms with E-state index in [-0.39, 0.29) is 78.1 Å². The molecule has 2 aromatic carbocycles. The highest BCUT2D eigenvalue weighted by molar-refractivity contribution is 6.00. The van der Waals surface area contributed by atoms with Gasteiger partial charge in [0.15, 0.2) is 18.8 Å². The fourth-order valence-electron chi connectivity index (χ4n) is 8.86. The predicted octanol–water partition coefficient (Wildman–Crippen LogP) is 6.66. The molecule has 4 aliphatic heterocycles. The van der Waals surface area contributed by atoms with Crippen LogP contribution in [0, 0.1) is 16.8 Å². The zero-order chi connectivity index (χ0) is 37.3. The van der Waals surface area contributed by atoms with Gasteiger partial charge in [-0.1, -0.05) is 12.1 Å². The maximum absolute atomic E-state index is 17.1. The third kappa shape index (κ3) is 6.25. The number of hydroxylamine groups is 3. The van der Waals surface area contributed by atoms with Gasteiger partial charge >= 0.3 is 12.1 Å². The molecule has 4 aliphatic rings. The third-order valence-corrected chi connectivity index (χ3v) is 11.1. The number of hydrogen-bond acceptors (Lipinski definition) is 10. The van der Waals surface area contributed by atoms with Gasteiger partial charge in [-0.15, -0.1) is 0 Å². The van der Waals surface area contributed by atoms with E-state index in [1.54, 1.807) is 23.1 Å². The third-order valence-electron chi connectivity index (χ3n) is 11.1. The standard InChI is InChI=1S/C38H43F3N6O6/c1-37(2,3)53-36(48)46-24-9-10-25(46)18-45(17-24)34-28-16-42-32(27-14-26(52-21-50-4)13-22-7-5-8-29(40)30(22)27)31(41)33(28)43-35(44-34)51-20-38-11-6-12-47(38,49)19-23(39)15-38/h5,7-8,13-14,16,23-25H,6,9-12,15,17-21H2,1-4H3/t23-,24?,25?,38+,47?/m1/s1. The van der Waals surface area contributed by atoms with E-state index < -0.39 is 33.6 Å². The lowest BCUT2D eigenvalue weighted by Crippen LogP contribution is -2.57. The molecule has 4 fully saturated rings. The van der Waals surface area contributed by atoms with Crippen molar-refractivity contribution in [2.24, 2.45) is 0 Å². The second-order valence-corrected chi connectivity index (χ2v) is 15.8. The Labute approximate surface area is 305 Å². The molecule has 5 atom stereocenters. The van der Waals surface area contributed by atoms with Gasteiger partial charge < -0.3 is 33.7 Å². The molecule has 282 valence electrons. The highest BCUT2D eigenvalue weighted by Gasteiger charge is 2.58. The second-order valence-electron chi connectivity index (χ2n) is 15.8. The molecule has 15 heteroatoms. The highest BCUT2D eigenvalue weighted by atomic mass is 19.1. The van der Waals surface area contributed by atoms with E-state index in [1.165, 1.54) is 25.4 Å². The summed E-state index contributed by atoms with van der Waals surface area (Å²) in [5.41, 5.74) is -1.78. The number of fused-ring (bicyclic) bond motifs is 5. The number of rotatable bonds is 8. The van der Waals surface area contributed by atoms with Crippen molar-refractivity contribution >= 4 is 33.6 Å². The quantitative estimate of drug-likeness (QED) is 0.110. The fourth-order valence-corrected chi connectivity index (χ4v) is 8.86. The number of piperazine rings is 1. The molecular weight excluding hydrogens is 693 g/mol. The zero-order valence-corrected chi connectivity index (χ0v) is 30.2. The molecule has 0 radical (unpaired) electrons. The van der Waals surface area contributed by atoms with Gasteiger partial charge in [0.1, 0.15) is 52.9 Å². The van der Waals surface area contributed by atoms with Gasteiger partial charge in [0.2, 0.25) is 0 Å². The topological polar surface area (TPSA) is 122 Å². The number of amides is 1. The molecule has 8 rings (SSSR count). The molecule has 53 heavy (non-hydrogen) atoms. The summed E-state index contributed by atoms with van der Waals surface area (Å²) in [5, 5.41) is 14.6. The van der Waals surface area contributed by atoms with E-state index in [4.69, 9.17) is 23.9 Å². The first-order chi connectivity index (χ1) is 25.3. The normalized spacial score (nSPS) is 26.8. The summed E-state index contributed by atoms with van der Waals surface area (Å²) in [7, 11) is 1.47. The van der Waals surface area contributed by atoms with Crippen molar-refractivity contribution in [1.82, 2.24) is 19.9 Å². The lowest BCUT2D eigenvalue weighted by Gasteiger charge is -2.46. The van der Waals surface area contributed by atoms with Crippen LogP contribution < -0.4 is 14.4 Å². The summed E-state index contributed by atoms with van der Waals surface area (Å²) in [6.07, 6.45) is 2.55. The van der Waals surface area contributed by atoms with Crippen LogP contribution in [-0.4, -0.2) is 107 Å². The minimum atomic E-state index is -1.24. The predicted molar refractivity (Wildman–Crippen MR) is 190 cm³/mol. The summed E-state index contributed by atoms with van der Waals surface area (Å²) in [4.78, 5) is 30.8. The molecule has 6 heterocycles. The first-order valence-corrected chi connectivity index (χ1v) is 18.1. The SMILES string of the molecule is COCOc1cc(-c2ncc3c(N4CC5CCC(C4)N5C(=O)OC(C)(C)C)nc(OC[C@@]45CCC[N+]4([O-])C[C@H](F)C5)nc3c2F)c2c(F)cccc2c1.